The molecule has 2 unspecified atom stereocenters. The van der Waals surface area contributed by atoms with Gasteiger partial charge >= 0.3 is 5.97 Å². The fourth-order valence-electron chi connectivity index (χ4n) is 6.41. The van der Waals surface area contributed by atoms with E-state index in [1.165, 1.54) is 19.3 Å². The second-order valence-electron chi connectivity index (χ2n) is 12.3. The number of rotatable bonds is 20. The van der Waals surface area contributed by atoms with Crippen molar-refractivity contribution in [1.82, 2.24) is 0 Å². The molecule has 7 heteroatoms. The minimum absolute atomic E-state index is 0.0262. The molecule has 0 bridgehead atoms. The quantitative estimate of drug-likeness (QED) is 0.128. The number of carboxylic acids is 1. The average Bonchev–Trinajstić information content (AvgIpc) is 2.97. The molecular weight excluding hydrogens is 532 g/mol. The van der Waals surface area contributed by atoms with Gasteiger partial charge in [-0.15, -0.1) is 12.3 Å². The number of ether oxygens (including phenoxy) is 4. The molecule has 1 aromatic carbocycles. The van der Waals surface area contributed by atoms with Gasteiger partial charge in [-0.05, 0) is 63.4 Å². The predicted molar refractivity (Wildman–Crippen MR) is 164 cm³/mol. The minimum Gasteiger partial charge on any atom is -0.481 e. The number of methoxy groups -OCH3 is 1. The summed E-state index contributed by atoms with van der Waals surface area (Å²) in [5.41, 5.74) is 1.10. The molecule has 1 aromatic rings. The van der Waals surface area contributed by atoms with Crippen molar-refractivity contribution >= 4 is 5.97 Å². The number of hydrogen-bond acceptors (Lipinski definition) is 6. The number of unbranched alkanes of at least 4 members (excludes halogenated alkanes) is 6. The zero-order valence-corrected chi connectivity index (χ0v) is 25.7. The first kappa shape index (κ1) is 34.5. The second-order valence-corrected chi connectivity index (χ2v) is 12.3. The summed E-state index contributed by atoms with van der Waals surface area (Å²) in [6, 6.07) is 10.0. The Bertz CT molecular complexity index is 900. The van der Waals surface area contributed by atoms with Crippen LogP contribution in [0.2, 0.25) is 0 Å². The molecule has 0 saturated carbocycles. The summed E-state index contributed by atoms with van der Waals surface area (Å²) >= 11 is 0. The van der Waals surface area contributed by atoms with Crippen molar-refractivity contribution in [1.29, 1.82) is 0 Å². The van der Waals surface area contributed by atoms with E-state index in [4.69, 9.17) is 25.4 Å². The third kappa shape index (κ3) is 14.0. The molecule has 7 nitrogen and oxygen atoms in total. The van der Waals surface area contributed by atoms with Crippen LogP contribution in [0.5, 0.6) is 0 Å². The zero-order valence-electron chi connectivity index (χ0n) is 25.7. The zero-order chi connectivity index (χ0) is 30.0. The van der Waals surface area contributed by atoms with Crippen molar-refractivity contribution in [3.05, 3.63) is 35.9 Å². The number of hydrogen-bond donors (Lipinski definition) is 2. The van der Waals surface area contributed by atoms with Crippen molar-refractivity contribution in [2.24, 2.45) is 0 Å². The molecule has 0 aliphatic carbocycles. The summed E-state index contributed by atoms with van der Waals surface area (Å²) < 4.78 is 24.8. The Morgan fingerprint density at radius 3 is 2.31 bits per heavy atom. The molecule has 0 radical (unpaired) electrons. The maximum atomic E-state index is 11.5. The molecule has 0 spiro atoms. The molecule has 2 N–H and O–H groups in total. The summed E-state index contributed by atoms with van der Waals surface area (Å²) in [4.78, 5) is 11.5. The summed E-state index contributed by atoms with van der Waals surface area (Å²) in [6.07, 6.45) is 19.7. The van der Waals surface area contributed by atoms with Gasteiger partial charge in [0.05, 0.1) is 55.8 Å². The standard InChI is InChI=1S/C35H54O7/c1-3-4-5-6-7-8-9-13-17-28(36)20-29-18-14-19-30(41-29)21-31(39-2)22-33-23-32(24-34(42-33)25-35(37)38)40-26-27-15-11-10-12-16-27/h1,10-12,15-16,28-34,36H,4-9,13-14,17-26H2,2H3,(H,37,38)/t28-,29-,30?,31+,32-,33?,34-/m0/s1. The SMILES string of the molecule is C#CCCCCCCCC[C@H](O)C[C@@H]1CCCC(C[C@H](CC2C[C@H](OCc3ccccc3)C[C@@H](CC(=O)O)O2)OC)O1. The monoisotopic (exact) mass is 586 g/mol. The predicted octanol–water partition coefficient (Wildman–Crippen LogP) is 6.83. The van der Waals surface area contributed by atoms with Crippen LogP contribution in [0.3, 0.4) is 0 Å². The highest BCUT2D eigenvalue weighted by molar-refractivity contribution is 5.67. The molecule has 2 aliphatic rings. The lowest BCUT2D eigenvalue weighted by Gasteiger charge is -2.37. The lowest BCUT2D eigenvalue weighted by Crippen LogP contribution is -2.41. The van der Waals surface area contributed by atoms with E-state index in [1.54, 1.807) is 7.11 Å². The van der Waals surface area contributed by atoms with Crippen LogP contribution in [-0.2, 0) is 30.3 Å². The third-order valence-corrected chi connectivity index (χ3v) is 8.63. The molecule has 2 saturated heterocycles. The average molecular weight is 587 g/mol. The van der Waals surface area contributed by atoms with Crippen LogP contribution in [0, 0.1) is 12.3 Å². The highest BCUT2D eigenvalue weighted by Gasteiger charge is 2.34. The maximum Gasteiger partial charge on any atom is 0.305 e. The Morgan fingerprint density at radius 1 is 0.952 bits per heavy atom. The van der Waals surface area contributed by atoms with E-state index in [-0.39, 0.29) is 49.1 Å². The first-order chi connectivity index (χ1) is 20.4. The lowest BCUT2D eigenvalue weighted by atomic mass is 9.92. The Hall–Kier alpha value is -1.95. The summed E-state index contributed by atoms with van der Waals surface area (Å²) in [5.74, 6) is 1.84. The Morgan fingerprint density at radius 2 is 1.60 bits per heavy atom. The number of terminal acetylenes is 1. The number of carboxylic acid groups (broad SMARTS) is 1. The summed E-state index contributed by atoms with van der Waals surface area (Å²) in [6.45, 7) is 0.502. The highest BCUT2D eigenvalue weighted by Crippen LogP contribution is 2.31. The molecule has 2 aliphatic heterocycles. The van der Waals surface area contributed by atoms with Crippen molar-refractivity contribution in [2.75, 3.05) is 7.11 Å². The number of aliphatic hydroxyl groups excluding tert-OH is 1. The fraction of sp³-hybridized carbons (Fsp3) is 0.743. The molecule has 3 rings (SSSR count). The van der Waals surface area contributed by atoms with Crippen LogP contribution in [0.1, 0.15) is 115 Å². The number of benzene rings is 1. The van der Waals surface area contributed by atoms with Gasteiger partial charge in [0.15, 0.2) is 0 Å². The second kappa shape index (κ2) is 20.1. The van der Waals surface area contributed by atoms with Crippen molar-refractivity contribution in [2.45, 2.75) is 158 Å². The first-order valence-electron chi connectivity index (χ1n) is 16.3. The molecule has 0 amide bonds. The largest absolute Gasteiger partial charge is 0.481 e. The third-order valence-electron chi connectivity index (χ3n) is 8.63. The highest BCUT2D eigenvalue weighted by atomic mass is 16.5. The van der Waals surface area contributed by atoms with Crippen molar-refractivity contribution in [3.63, 3.8) is 0 Å². The summed E-state index contributed by atoms with van der Waals surface area (Å²) in [7, 11) is 1.73. The Labute approximate surface area is 253 Å². The van der Waals surface area contributed by atoms with Gasteiger partial charge in [-0.3, -0.25) is 4.79 Å². The molecule has 2 fully saturated rings. The topological polar surface area (TPSA) is 94.5 Å². The maximum absolute atomic E-state index is 11.5. The van der Waals surface area contributed by atoms with Gasteiger partial charge in [0, 0.05) is 20.0 Å². The van der Waals surface area contributed by atoms with Crippen LogP contribution < -0.4 is 0 Å². The van der Waals surface area contributed by atoms with Crippen molar-refractivity contribution < 1.29 is 34.0 Å². The Balaban J connectivity index is 1.40. The van der Waals surface area contributed by atoms with E-state index < -0.39 is 5.97 Å². The molecule has 2 heterocycles. The number of carbonyl (C=O) groups is 1. The van der Waals surface area contributed by atoms with E-state index in [9.17, 15) is 15.0 Å². The molecule has 7 atom stereocenters. The van der Waals surface area contributed by atoms with E-state index in [2.05, 4.69) is 5.92 Å². The van der Waals surface area contributed by atoms with Gasteiger partial charge < -0.3 is 29.2 Å². The first-order valence-corrected chi connectivity index (χ1v) is 16.3. The van der Waals surface area contributed by atoms with Crippen molar-refractivity contribution in [3.8, 4) is 12.3 Å². The number of aliphatic carboxylic acids is 1. The molecule has 42 heavy (non-hydrogen) atoms. The van der Waals surface area contributed by atoms with Gasteiger partial charge in [0.1, 0.15) is 0 Å². The van der Waals surface area contributed by atoms with Crippen LogP contribution in [0.25, 0.3) is 0 Å². The molecular formula is C35H54O7. The van der Waals surface area contributed by atoms with Gasteiger partial charge in [-0.2, -0.15) is 0 Å². The van der Waals surface area contributed by atoms with Crippen LogP contribution in [-0.4, -0.2) is 66.0 Å². The van der Waals surface area contributed by atoms with Crippen LogP contribution >= 0.6 is 0 Å². The Kier molecular flexibility index (Phi) is 16.5. The van der Waals surface area contributed by atoms with Crippen LogP contribution in [0.4, 0.5) is 0 Å². The number of aliphatic hydroxyl groups is 1. The molecule has 0 aromatic heterocycles. The smallest absolute Gasteiger partial charge is 0.305 e. The van der Waals surface area contributed by atoms with E-state index in [0.717, 1.165) is 63.4 Å². The normalized spacial score (nSPS) is 25.9. The van der Waals surface area contributed by atoms with Gasteiger partial charge in [-0.1, -0.05) is 62.4 Å². The van der Waals surface area contributed by atoms with E-state index in [0.29, 0.717) is 32.3 Å². The van der Waals surface area contributed by atoms with Gasteiger partial charge in [0.2, 0.25) is 0 Å². The lowest BCUT2D eigenvalue weighted by molar-refractivity contribution is -0.155. The fourth-order valence-corrected chi connectivity index (χ4v) is 6.41. The minimum atomic E-state index is -0.856. The van der Waals surface area contributed by atoms with Crippen LogP contribution in [0.15, 0.2) is 30.3 Å². The van der Waals surface area contributed by atoms with E-state index in [1.807, 2.05) is 30.3 Å². The van der Waals surface area contributed by atoms with E-state index >= 15 is 0 Å². The summed E-state index contributed by atoms with van der Waals surface area (Å²) in [5, 5.41) is 20.0. The van der Waals surface area contributed by atoms with Gasteiger partial charge in [-0.25, -0.2) is 0 Å². The molecule has 236 valence electrons. The van der Waals surface area contributed by atoms with Gasteiger partial charge in [0.25, 0.3) is 0 Å².